The fourth-order valence-corrected chi connectivity index (χ4v) is 4.89. The second kappa shape index (κ2) is 4.83. The number of aryl methyl sites for hydroxylation is 1. The zero-order valence-corrected chi connectivity index (χ0v) is 12.5. The van der Waals surface area contributed by atoms with Crippen molar-refractivity contribution in [3.05, 3.63) is 50.8 Å². The first-order valence-electron chi connectivity index (χ1n) is 6.24. The molecular formula is C13H14N2O3S2. The van der Waals surface area contributed by atoms with E-state index in [0.717, 1.165) is 17.8 Å². The third-order valence-electron chi connectivity index (χ3n) is 3.51. The van der Waals surface area contributed by atoms with Crippen LogP contribution in [0.1, 0.15) is 22.7 Å². The molecular weight excluding hydrogens is 296 g/mol. The quantitative estimate of drug-likeness (QED) is 0.895. The van der Waals surface area contributed by atoms with Gasteiger partial charge >= 0.3 is 4.87 Å². The van der Waals surface area contributed by atoms with Crippen molar-refractivity contribution >= 4 is 21.4 Å². The molecule has 7 heteroatoms. The minimum atomic E-state index is -3.61. The fraction of sp³-hybridized carbons (Fsp3) is 0.308. The van der Waals surface area contributed by atoms with Gasteiger partial charge in [0.15, 0.2) is 4.21 Å². The Morgan fingerprint density at radius 2 is 2.15 bits per heavy atom. The first-order chi connectivity index (χ1) is 9.47. The third-order valence-corrected chi connectivity index (χ3v) is 6.53. The van der Waals surface area contributed by atoms with Crippen LogP contribution in [-0.4, -0.2) is 19.9 Å². The Hall–Kier alpha value is -1.44. The van der Waals surface area contributed by atoms with E-state index in [1.165, 1.54) is 11.1 Å². The van der Waals surface area contributed by atoms with E-state index in [-0.39, 0.29) is 15.0 Å². The predicted octanol–water partition coefficient (Wildman–Crippen LogP) is 1.36. The highest BCUT2D eigenvalue weighted by Gasteiger charge is 2.28. The van der Waals surface area contributed by atoms with Crippen molar-refractivity contribution in [2.75, 3.05) is 6.54 Å². The fourth-order valence-electron chi connectivity index (χ4n) is 2.47. The molecule has 0 aliphatic heterocycles. The first kappa shape index (κ1) is 13.5. The summed E-state index contributed by atoms with van der Waals surface area (Å²) in [6, 6.07) is 8.03. The molecule has 2 N–H and O–H groups in total. The van der Waals surface area contributed by atoms with Crippen molar-refractivity contribution in [1.82, 2.24) is 9.71 Å². The molecule has 0 saturated carbocycles. The first-order valence-corrected chi connectivity index (χ1v) is 8.54. The maximum atomic E-state index is 12.2. The highest BCUT2D eigenvalue weighted by Crippen LogP contribution is 2.34. The average molecular weight is 310 g/mol. The number of fused-ring (bicyclic) bond motifs is 1. The SMILES string of the molecule is Cc1[nH]c(=O)sc1S(=O)(=O)NCC1Cc2ccccc21. The summed E-state index contributed by atoms with van der Waals surface area (Å²) in [6.45, 7) is 1.95. The average Bonchev–Trinajstić information content (AvgIpc) is 2.70. The number of hydrogen-bond acceptors (Lipinski definition) is 4. The molecule has 1 unspecified atom stereocenters. The van der Waals surface area contributed by atoms with Crippen LogP contribution in [0.2, 0.25) is 0 Å². The largest absolute Gasteiger partial charge is 0.315 e. The van der Waals surface area contributed by atoms with Crippen LogP contribution < -0.4 is 9.60 Å². The summed E-state index contributed by atoms with van der Waals surface area (Å²) >= 11 is 0.723. The second-order valence-electron chi connectivity index (χ2n) is 4.88. The lowest BCUT2D eigenvalue weighted by molar-refractivity contribution is 0.553. The van der Waals surface area contributed by atoms with Gasteiger partial charge in [-0.25, -0.2) is 13.1 Å². The molecule has 0 spiro atoms. The molecule has 0 saturated heterocycles. The summed E-state index contributed by atoms with van der Waals surface area (Å²) in [7, 11) is -3.61. The van der Waals surface area contributed by atoms with Crippen LogP contribution in [0.4, 0.5) is 0 Å². The van der Waals surface area contributed by atoms with E-state index in [1.807, 2.05) is 18.2 Å². The Morgan fingerprint density at radius 1 is 1.40 bits per heavy atom. The number of benzene rings is 1. The summed E-state index contributed by atoms with van der Waals surface area (Å²) in [6.07, 6.45) is 0.890. The standard InChI is InChI=1S/C13H14N2O3S2/c1-8-12(19-13(16)15-8)20(17,18)14-7-10-6-9-4-2-3-5-11(9)10/h2-5,10,14H,6-7H2,1H3,(H,15,16). The molecule has 106 valence electrons. The van der Waals surface area contributed by atoms with Gasteiger partial charge in [-0.2, -0.15) is 0 Å². The molecule has 1 aromatic carbocycles. The number of sulfonamides is 1. The molecule has 1 aromatic heterocycles. The zero-order chi connectivity index (χ0) is 14.3. The summed E-state index contributed by atoms with van der Waals surface area (Å²) in [5, 5.41) is 0. The van der Waals surface area contributed by atoms with Crippen LogP contribution in [0.5, 0.6) is 0 Å². The van der Waals surface area contributed by atoms with Crippen LogP contribution in [0, 0.1) is 6.92 Å². The summed E-state index contributed by atoms with van der Waals surface area (Å²) in [5.74, 6) is 0.219. The van der Waals surface area contributed by atoms with Gasteiger partial charge in [-0.1, -0.05) is 35.6 Å². The maximum absolute atomic E-state index is 12.2. The van der Waals surface area contributed by atoms with E-state index in [4.69, 9.17) is 0 Å². The van der Waals surface area contributed by atoms with Crippen molar-refractivity contribution in [2.24, 2.45) is 0 Å². The van der Waals surface area contributed by atoms with E-state index < -0.39 is 10.0 Å². The molecule has 3 rings (SSSR count). The van der Waals surface area contributed by atoms with Crippen LogP contribution in [-0.2, 0) is 16.4 Å². The molecule has 0 fully saturated rings. The van der Waals surface area contributed by atoms with Gasteiger partial charge in [0, 0.05) is 18.2 Å². The Morgan fingerprint density at radius 3 is 2.80 bits per heavy atom. The number of thiazole rings is 1. The highest BCUT2D eigenvalue weighted by molar-refractivity contribution is 7.91. The van der Waals surface area contributed by atoms with Crippen LogP contribution in [0.15, 0.2) is 33.3 Å². The molecule has 2 aromatic rings. The van der Waals surface area contributed by atoms with Gasteiger partial charge in [0.05, 0.1) is 0 Å². The van der Waals surface area contributed by atoms with Gasteiger partial charge < -0.3 is 4.98 Å². The van der Waals surface area contributed by atoms with E-state index in [1.54, 1.807) is 6.92 Å². The minimum Gasteiger partial charge on any atom is -0.315 e. The number of hydrogen-bond donors (Lipinski definition) is 2. The number of H-pyrrole nitrogens is 1. The zero-order valence-electron chi connectivity index (χ0n) is 10.8. The number of aromatic amines is 1. The Balaban J connectivity index is 1.73. The van der Waals surface area contributed by atoms with E-state index >= 15 is 0 Å². The van der Waals surface area contributed by atoms with Crippen molar-refractivity contribution in [2.45, 2.75) is 23.5 Å². The Labute approximate surface area is 120 Å². The monoisotopic (exact) mass is 310 g/mol. The van der Waals surface area contributed by atoms with Gasteiger partial charge in [-0.15, -0.1) is 0 Å². The lowest BCUT2D eigenvalue weighted by Crippen LogP contribution is -2.33. The normalized spacial score (nSPS) is 17.6. The summed E-state index contributed by atoms with van der Waals surface area (Å²) < 4.78 is 27.0. The van der Waals surface area contributed by atoms with Crippen LogP contribution in [0.3, 0.4) is 0 Å². The van der Waals surface area contributed by atoms with Gasteiger partial charge in [0.25, 0.3) is 10.0 Å². The van der Waals surface area contributed by atoms with Crippen LogP contribution >= 0.6 is 11.3 Å². The van der Waals surface area contributed by atoms with Crippen molar-refractivity contribution in [1.29, 1.82) is 0 Å². The van der Waals surface area contributed by atoms with Crippen molar-refractivity contribution in [3.8, 4) is 0 Å². The molecule has 1 heterocycles. The summed E-state index contributed by atoms with van der Waals surface area (Å²) in [4.78, 5) is 13.3. The van der Waals surface area contributed by atoms with Gasteiger partial charge in [0.2, 0.25) is 0 Å². The number of nitrogens with one attached hydrogen (secondary N) is 2. The van der Waals surface area contributed by atoms with Crippen LogP contribution in [0.25, 0.3) is 0 Å². The lowest BCUT2D eigenvalue weighted by Gasteiger charge is -2.30. The maximum Gasteiger partial charge on any atom is 0.305 e. The highest BCUT2D eigenvalue weighted by atomic mass is 32.2. The second-order valence-corrected chi connectivity index (χ2v) is 7.82. The topological polar surface area (TPSA) is 79.0 Å². The van der Waals surface area contributed by atoms with Gasteiger partial charge in [0.1, 0.15) is 0 Å². The van der Waals surface area contributed by atoms with E-state index in [9.17, 15) is 13.2 Å². The third kappa shape index (κ3) is 2.32. The number of aromatic nitrogens is 1. The molecule has 1 atom stereocenters. The molecule has 1 aliphatic carbocycles. The molecule has 0 radical (unpaired) electrons. The molecule has 5 nitrogen and oxygen atoms in total. The molecule has 20 heavy (non-hydrogen) atoms. The molecule has 0 amide bonds. The molecule has 1 aliphatic rings. The van der Waals surface area contributed by atoms with Crippen molar-refractivity contribution in [3.63, 3.8) is 0 Å². The molecule has 0 bridgehead atoms. The minimum absolute atomic E-state index is 0.0788. The van der Waals surface area contributed by atoms with Gasteiger partial charge in [-0.05, 0) is 24.5 Å². The number of rotatable bonds is 4. The van der Waals surface area contributed by atoms with Crippen molar-refractivity contribution < 1.29 is 8.42 Å². The predicted molar refractivity (Wildman–Crippen MR) is 77.8 cm³/mol. The van der Waals surface area contributed by atoms with Gasteiger partial charge in [-0.3, -0.25) is 4.79 Å². The van der Waals surface area contributed by atoms with E-state index in [2.05, 4.69) is 15.8 Å². The Kier molecular flexibility index (Phi) is 3.27. The smallest absolute Gasteiger partial charge is 0.305 e. The Bertz CT molecular complexity index is 805. The van der Waals surface area contributed by atoms with E-state index in [0.29, 0.717) is 12.2 Å². The summed E-state index contributed by atoms with van der Waals surface area (Å²) in [5.41, 5.74) is 2.87. The lowest BCUT2D eigenvalue weighted by atomic mass is 9.78.